The van der Waals surface area contributed by atoms with Gasteiger partial charge in [0.2, 0.25) is 5.91 Å². The third-order valence-electron chi connectivity index (χ3n) is 3.27. The second-order valence-electron chi connectivity index (χ2n) is 4.62. The van der Waals surface area contributed by atoms with Crippen molar-refractivity contribution in [3.63, 3.8) is 0 Å². The van der Waals surface area contributed by atoms with E-state index in [9.17, 15) is 9.59 Å². The quantitative estimate of drug-likeness (QED) is 0.872. The third kappa shape index (κ3) is 4.33. The number of aliphatic carboxylic acids is 1. The average Bonchev–Trinajstić information content (AvgIpc) is 2.89. The van der Waals surface area contributed by atoms with Crippen molar-refractivity contribution in [1.29, 1.82) is 0 Å². The Morgan fingerprint density at radius 2 is 2.00 bits per heavy atom. The van der Waals surface area contributed by atoms with E-state index in [0.717, 1.165) is 18.0 Å². The van der Waals surface area contributed by atoms with E-state index in [-0.39, 0.29) is 12.3 Å². The number of carboxylic acids is 1. The number of hydrogen-bond acceptors (Lipinski definition) is 4. The molecular formula is C13H18N2O3S. The average molecular weight is 282 g/mol. The predicted octanol–water partition coefficient (Wildman–Crippen LogP) is 0.909. The second kappa shape index (κ2) is 6.68. The van der Waals surface area contributed by atoms with Gasteiger partial charge in [-0.2, -0.15) is 0 Å². The molecule has 6 heteroatoms. The lowest BCUT2D eigenvalue weighted by Gasteiger charge is -2.34. The molecule has 1 aromatic heterocycles. The maximum Gasteiger partial charge on any atom is 0.304 e. The molecule has 5 nitrogen and oxygen atoms in total. The van der Waals surface area contributed by atoms with Crippen LogP contribution < -0.4 is 0 Å². The van der Waals surface area contributed by atoms with Crippen molar-refractivity contribution in [3.8, 4) is 0 Å². The SMILES string of the molecule is O=C(O)CCN1CCN(C(=O)Cc2cccs2)CC1. The van der Waals surface area contributed by atoms with Crippen molar-refractivity contribution in [1.82, 2.24) is 9.80 Å². The molecule has 104 valence electrons. The van der Waals surface area contributed by atoms with Gasteiger partial charge in [0.15, 0.2) is 0 Å². The van der Waals surface area contributed by atoms with Crippen molar-refractivity contribution < 1.29 is 14.7 Å². The molecule has 1 N–H and O–H groups in total. The Labute approximate surface area is 116 Å². The zero-order valence-electron chi connectivity index (χ0n) is 10.7. The van der Waals surface area contributed by atoms with Crippen LogP contribution >= 0.6 is 11.3 Å². The maximum atomic E-state index is 12.1. The van der Waals surface area contributed by atoms with Crippen LogP contribution in [0, 0.1) is 0 Å². The lowest BCUT2D eigenvalue weighted by atomic mass is 10.2. The molecule has 1 fully saturated rings. The Hall–Kier alpha value is -1.40. The Morgan fingerprint density at radius 3 is 2.58 bits per heavy atom. The van der Waals surface area contributed by atoms with Gasteiger partial charge in [-0.1, -0.05) is 6.07 Å². The summed E-state index contributed by atoms with van der Waals surface area (Å²) in [6, 6.07) is 3.93. The summed E-state index contributed by atoms with van der Waals surface area (Å²) in [4.78, 5) is 27.6. The fourth-order valence-electron chi connectivity index (χ4n) is 2.15. The molecule has 0 aliphatic carbocycles. The van der Waals surface area contributed by atoms with E-state index < -0.39 is 5.97 Å². The minimum atomic E-state index is -0.767. The Kier molecular flexibility index (Phi) is 4.93. The van der Waals surface area contributed by atoms with Gasteiger partial charge in [-0.15, -0.1) is 11.3 Å². The topological polar surface area (TPSA) is 60.9 Å². The number of carboxylic acid groups (broad SMARTS) is 1. The Morgan fingerprint density at radius 1 is 1.26 bits per heavy atom. The molecule has 1 aliphatic heterocycles. The van der Waals surface area contributed by atoms with E-state index >= 15 is 0 Å². The van der Waals surface area contributed by atoms with E-state index in [1.54, 1.807) is 11.3 Å². The minimum absolute atomic E-state index is 0.167. The summed E-state index contributed by atoms with van der Waals surface area (Å²) in [5, 5.41) is 10.6. The van der Waals surface area contributed by atoms with Crippen LogP contribution in [0.1, 0.15) is 11.3 Å². The van der Waals surface area contributed by atoms with Gasteiger partial charge in [0, 0.05) is 37.6 Å². The highest BCUT2D eigenvalue weighted by Gasteiger charge is 2.21. The number of amides is 1. The number of nitrogens with zero attached hydrogens (tertiary/aromatic N) is 2. The van der Waals surface area contributed by atoms with E-state index in [2.05, 4.69) is 4.90 Å². The largest absolute Gasteiger partial charge is 0.481 e. The van der Waals surface area contributed by atoms with Crippen LogP contribution in [0.25, 0.3) is 0 Å². The van der Waals surface area contributed by atoms with E-state index in [0.29, 0.717) is 26.1 Å². The fraction of sp³-hybridized carbons (Fsp3) is 0.538. The van der Waals surface area contributed by atoms with Gasteiger partial charge in [-0.25, -0.2) is 0 Å². The molecule has 1 aromatic rings. The molecule has 0 atom stereocenters. The normalized spacial score (nSPS) is 16.5. The van der Waals surface area contributed by atoms with Crippen LogP contribution in [0.5, 0.6) is 0 Å². The van der Waals surface area contributed by atoms with Gasteiger partial charge >= 0.3 is 5.97 Å². The highest BCUT2D eigenvalue weighted by atomic mass is 32.1. The first-order valence-corrected chi connectivity index (χ1v) is 7.27. The number of carbonyl (C=O) groups excluding carboxylic acids is 1. The Balaban J connectivity index is 1.73. The van der Waals surface area contributed by atoms with Crippen LogP contribution in [0.2, 0.25) is 0 Å². The van der Waals surface area contributed by atoms with Crippen LogP contribution in [-0.2, 0) is 16.0 Å². The van der Waals surface area contributed by atoms with Crippen molar-refractivity contribution in [2.45, 2.75) is 12.8 Å². The molecule has 0 saturated carbocycles. The van der Waals surface area contributed by atoms with Crippen LogP contribution in [0.3, 0.4) is 0 Å². The number of piperazine rings is 1. The standard InChI is InChI=1S/C13H18N2O3S/c16-12(10-11-2-1-9-19-11)15-7-5-14(6-8-15)4-3-13(17)18/h1-2,9H,3-8,10H2,(H,17,18). The van der Waals surface area contributed by atoms with Gasteiger partial charge < -0.3 is 10.0 Å². The summed E-state index contributed by atoms with van der Waals surface area (Å²) in [6.45, 7) is 3.50. The number of thiophene rings is 1. The summed E-state index contributed by atoms with van der Waals surface area (Å²) in [7, 11) is 0. The van der Waals surface area contributed by atoms with Crippen molar-refractivity contribution in [2.75, 3.05) is 32.7 Å². The molecule has 2 rings (SSSR count). The highest BCUT2D eigenvalue weighted by Crippen LogP contribution is 2.12. The molecule has 1 amide bonds. The fourth-order valence-corrected chi connectivity index (χ4v) is 2.84. The summed E-state index contributed by atoms with van der Waals surface area (Å²) >= 11 is 1.60. The first kappa shape index (κ1) is 14.0. The number of rotatable bonds is 5. The summed E-state index contributed by atoms with van der Waals surface area (Å²) in [5.41, 5.74) is 0. The smallest absolute Gasteiger partial charge is 0.304 e. The van der Waals surface area contributed by atoms with Gasteiger partial charge in [-0.3, -0.25) is 14.5 Å². The molecule has 19 heavy (non-hydrogen) atoms. The zero-order chi connectivity index (χ0) is 13.7. The molecule has 0 aromatic carbocycles. The van der Waals surface area contributed by atoms with E-state index in [1.807, 2.05) is 22.4 Å². The molecule has 2 heterocycles. The molecule has 0 unspecified atom stereocenters. The van der Waals surface area contributed by atoms with Crippen LogP contribution in [0.15, 0.2) is 17.5 Å². The highest BCUT2D eigenvalue weighted by molar-refractivity contribution is 7.10. The number of hydrogen-bond donors (Lipinski definition) is 1. The van der Waals surface area contributed by atoms with Gasteiger partial charge in [0.05, 0.1) is 12.8 Å². The third-order valence-corrected chi connectivity index (χ3v) is 4.15. The van der Waals surface area contributed by atoms with Crippen LogP contribution in [0.4, 0.5) is 0 Å². The molecular weight excluding hydrogens is 264 g/mol. The first-order valence-electron chi connectivity index (χ1n) is 6.39. The molecule has 1 aliphatic rings. The van der Waals surface area contributed by atoms with Crippen molar-refractivity contribution >= 4 is 23.2 Å². The van der Waals surface area contributed by atoms with Gasteiger partial charge in [-0.05, 0) is 11.4 Å². The zero-order valence-corrected chi connectivity index (χ0v) is 11.6. The summed E-state index contributed by atoms with van der Waals surface area (Å²) in [5.74, 6) is -0.600. The molecule has 0 spiro atoms. The molecule has 0 bridgehead atoms. The monoisotopic (exact) mass is 282 g/mol. The van der Waals surface area contributed by atoms with Gasteiger partial charge in [0.25, 0.3) is 0 Å². The van der Waals surface area contributed by atoms with Crippen molar-refractivity contribution in [3.05, 3.63) is 22.4 Å². The second-order valence-corrected chi connectivity index (χ2v) is 5.65. The van der Waals surface area contributed by atoms with Crippen molar-refractivity contribution in [2.24, 2.45) is 0 Å². The summed E-state index contributed by atoms with van der Waals surface area (Å²) < 4.78 is 0. The van der Waals surface area contributed by atoms with Crippen LogP contribution in [-0.4, -0.2) is 59.5 Å². The molecule has 1 saturated heterocycles. The minimum Gasteiger partial charge on any atom is -0.481 e. The lowest BCUT2D eigenvalue weighted by Crippen LogP contribution is -2.49. The van der Waals surface area contributed by atoms with Gasteiger partial charge in [0.1, 0.15) is 0 Å². The van der Waals surface area contributed by atoms with E-state index in [4.69, 9.17) is 5.11 Å². The predicted molar refractivity (Wildman–Crippen MR) is 73.3 cm³/mol. The first-order chi connectivity index (χ1) is 9.15. The van der Waals surface area contributed by atoms with E-state index in [1.165, 1.54) is 0 Å². The molecule has 0 radical (unpaired) electrons. The Bertz CT molecular complexity index is 425. The number of carbonyl (C=O) groups is 2. The maximum absolute atomic E-state index is 12.1. The lowest BCUT2D eigenvalue weighted by molar-refractivity contribution is -0.138. The summed E-state index contributed by atoms with van der Waals surface area (Å²) in [6.07, 6.45) is 0.649.